The fourth-order valence-corrected chi connectivity index (χ4v) is 2.27. The van der Waals surface area contributed by atoms with E-state index < -0.39 is 5.82 Å². The van der Waals surface area contributed by atoms with Crippen LogP contribution in [0.2, 0.25) is 5.02 Å². The summed E-state index contributed by atoms with van der Waals surface area (Å²) in [6.07, 6.45) is 1.37. The fourth-order valence-electron chi connectivity index (χ4n) is 2.10. The van der Waals surface area contributed by atoms with Crippen molar-refractivity contribution in [2.75, 3.05) is 5.32 Å². The number of benzene rings is 1. The van der Waals surface area contributed by atoms with Crippen LogP contribution in [-0.4, -0.2) is 10.2 Å². The molecule has 0 unspecified atom stereocenters. The fraction of sp³-hybridized carbons (Fsp3) is 0.267. The molecule has 1 aromatic carbocycles. The number of hydrogen-bond donors (Lipinski definition) is 1. The van der Waals surface area contributed by atoms with Crippen LogP contribution in [0.5, 0.6) is 0 Å². The first-order valence-electron chi connectivity index (χ1n) is 6.61. The van der Waals surface area contributed by atoms with E-state index in [4.69, 9.17) is 11.6 Å². The molecule has 1 heterocycles. The van der Waals surface area contributed by atoms with Gasteiger partial charge in [-0.05, 0) is 36.6 Å². The predicted octanol–water partition coefficient (Wildman–Crippen LogP) is 4.01. The van der Waals surface area contributed by atoms with Crippen molar-refractivity contribution in [3.8, 4) is 6.07 Å². The average Bonchev–Trinajstić information content (AvgIpc) is 2.50. The van der Waals surface area contributed by atoms with Gasteiger partial charge in [0, 0.05) is 0 Å². The molecule has 2 rings (SSSR count). The van der Waals surface area contributed by atoms with Crippen molar-refractivity contribution in [1.29, 1.82) is 5.26 Å². The van der Waals surface area contributed by atoms with Gasteiger partial charge in [0.25, 0.3) is 0 Å². The Morgan fingerprint density at radius 3 is 2.67 bits per heavy atom. The molecule has 0 spiro atoms. The number of hydrogen-bond acceptors (Lipinski definition) is 4. The highest BCUT2D eigenvalue weighted by Gasteiger charge is 2.15. The minimum atomic E-state index is -0.422. The Kier molecular flexibility index (Phi) is 4.71. The lowest BCUT2D eigenvalue weighted by Gasteiger charge is -2.12. The molecule has 1 aromatic heterocycles. The maximum atomic E-state index is 13.3. The molecular formula is C15H14ClFN4. The van der Waals surface area contributed by atoms with E-state index in [1.165, 1.54) is 18.2 Å². The molecule has 21 heavy (non-hydrogen) atoms. The third kappa shape index (κ3) is 3.11. The molecule has 0 bridgehead atoms. The van der Waals surface area contributed by atoms with Gasteiger partial charge in [-0.1, -0.05) is 25.4 Å². The summed E-state index contributed by atoms with van der Waals surface area (Å²) in [4.78, 5) is 0. The third-order valence-corrected chi connectivity index (χ3v) is 3.47. The number of aryl methyl sites for hydroxylation is 1. The highest BCUT2D eigenvalue weighted by molar-refractivity contribution is 6.33. The van der Waals surface area contributed by atoms with Gasteiger partial charge in [-0.15, -0.1) is 5.10 Å². The largest absolute Gasteiger partial charge is 0.336 e. The highest BCUT2D eigenvalue weighted by Crippen LogP contribution is 2.28. The topological polar surface area (TPSA) is 61.6 Å². The van der Waals surface area contributed by atoms with Crippen molar-refractivity contribution < 1.29 is 4.39 Å². The zero-order valence-electron chi connectivity index (χ0n) is 11.7. The van der Waals surface area contributed by atoms with Crippen molar-refractivity contribution in [3.63, 3.8) is 0 Å². The molecule has 1 N–H and O–H groups in total. The van der Waals surface area contributed by atoms with E-state index in [1.54, 1.807) is 0 Å². The van der Waals surface area contributed by atoms with Crippen LogP contribution in [-0.2, 0) is 12.8 Å². The normalized spacial score (nSPS) is 10.2. The first-order valence-corrected chi connectivity index (χ1v) is 6.99. The van der Waals surface area contributed by atoms with Crippen LogP contribution < -0.4 is 5.32 Å². The van der Waals surface area contributed by atoms with Crippen LogP contribution in [0.1, 0.15) is 30.7 Å². The van der Waals surface area contributed by atoms with Crippen molar-refractivity contribution in [2.45, 2.75) is 26.7 Å². The van der Waals surface area contributed by atoms with Crippen molar-refractivity contribution >= 4 is 23.1 Å². The molecule has 4 nitrogen and oxygen atoms in total. The minimum Gasteiger partial charge on any atom is -0.336 e. The molecule has 0 amide bonds. The first-order chi connectivity index (χ1) is 10.1. The second-order valence-corrected chi connectivity index (χ2v) is 4.82. The van der Waals surface area contributed by atoms with Gasteiger partial charge >= 0.3 is 0 Å². The molecule has 2 aromatic rings. The lowest BCUT2D eigenvalue weighted by molar-refractivity contribution is 0.628. The molecular weight excluding hydrogens is 291 g/mol. The van der Waals surface area contributed by atoms with Gasteiger partial charge in [0.2, 0.25) is 0 Å². The average molecular weight is 305 g/mol. The van der Waals surface area contributed by atoms with E-state index in [1.807, 2.05) is 13.8 Å². The quantitative estimate of drug-likeness (QED) is 0.927. The molecule has 0 saturated carbocycles. The zero-order valence-corrected chi connectivity index (χ0v) is 12.5. The van der Waals surface area contributed by atoms with Crippen LogP contribution >= 0.6 is 11.6 Å². The summed E-state index contributed by atoms with van der Waals surface area (Å²) in [5.41, 5.74) is 2.42. The second-order valence-electron chi connectivity index (χ2n) is 4.42. The van der Waals surface area contributed by atoms with E-state index in [9.17, 15) is 9.65 Å². The summed E-state index contributed by atoms with van der Waals surface area (Å²) in [5.74, 6) is -0.131. The number of nitrogens with one attached hydrogen (secondary N) is 1. The molecule has 0 atom stereocenters. The van der Waals surface area contributed by atoms with Gasteiger partial charge in [-0.3, -0.25) is 0 Å². The Morgan fingerprint density at radius 1 is 1.29 bits per heavy atom. The Balaban J connectivity index is 2.50. The number of nitrogens with zero attached hydrogens (tertiary/aromatic N) is 3. The molecule has 108 valence electrons. The monoisotopic (exact) mass is 304 g/mol. The Morgan fingerprint density at radius 2 is 2.05 bits per heavy atom. The highest BCUT2D eigenvalue weighted by atomic mass is 35.5. The van der Waals surface area contributed by atoms with Gasteiger partial charge in [0.15, 0.2) is 5.82 Å². The number of halogens is 2. The summed E-state index contributed by atoms with van der Waals surface area (Å²) >= 11 is 6.01. The van der Waals surface area contributed by atoms with Gasteiger partial charge in [-0.25, -0.2) is 4.39 Å². The molecule has 6 heteroatoms. The number of anilines is 2. The van der Waals surface area contributed by atoms with E-state index in [-0.39, 0.29) is 0 Å². The maximum absolute atomic E-state index is 13.3. The standard InChI is InChI=1S/C15H14ClFN4/c1-3-10-11(8-18)15(21-20-13(10)4-2)19-14-7-9(17)5-6-12(14)16/h5-7H,3-4H2,1-2H3,(H,19,21). The van der Waals surface area contributed by atoms with Gasteiger partial charge in [0.1, 0.15) is 17.4 Å². The van der Waals surface area contributed by atoms with Gasteiger partial charge in [0.05, 0.1) is 16.4 Å². The summed E-state index contributed by atoms with van der Waals surface area (Å²) in [7, 11) is 0. The van der Waals surface area contributed by atoms with E-state index in [2.05, 4.69) is 21.6 Å². The lowest BCUT2D eigenvalue weighted by atomic mass is 10.0. The van der Waals surface area contributed by atoms with Crippen LogP contribution in [0, 0.1) is 17.1 Å². The zero-order chi connectivity index (χ0) is 15.4. The molecule has 0 aliphatic heterocycles. The third-order valence-electron chi connectivity index (χ3n) is 3.14. The van der Waals surface area contributed by atoms with Crippen molar-refractivity contribution in [2.24, 2.45) is 0 Å². The van der Waals surface area contributed by atoms with Crippen LogP contribution in [0.15, 0.2) is 18.2 Å². The van der Waals surface area contributed by atoms with Gasteiger partial charge < -0.3 is 5.32 Å². The van der Waals surface area contributed by atoms with Crippen molar-refractivity contribution in [1.82, 2.24) is 10.2 Å². The number of nitriles is 1. The van der Waals surface area contributed by atoms with E-state index in [0.717, 1.165) is 11.3 Å². The molecule has 0 saturated heterocycles. The lowest BCUT2D eigenvalue weighted by Crippen LogP contribution is -2.07. The molecule has 0 aliphatic carbocycles. The molecule has 0 aliphatic rings. The summed E-state index contributed by atoms with van der Waals surface area (Å²) in [6, 6.07) is 6.11. The summed E-state index contributed by atoms with van der Waals surface area (Å²) in [6.45, 7) is 3.91. The second kappa shape index (κ2) is 6.51. The predicted molar refractivity (Wildman–Crippen MR) is 80.2 cm³/mol. The van der Waals surface area contributed by atoms with Gasteiger partial charge in [-0.2, -0.15) is 10.4 Å². The van der Waals surface area contributed by atoms with Crippen molar-refractivity contribution in [3.05, 3.63) is 45.9 Å². The summed E-state index contributed by atoms with van der Waals surface area (Å²) < 4.78 is 13.3. The number of rotatable bonds is 4. The van der Waals surface area contributed by atoms with E-state index in [0.29, 0.717) is 34.9 Å². The Hall–Kier alpha value is -2.19. The Bertz CT molecular complexity index is 710. The summed E-state index contributed by atoms with van der Waals surface area (Å²) in [5, 5.41) is 20.8. The molecule has 0 fully saturated rings. The van der Waals surface area contributed by atoms with Crippen LogP contribution in [0.25, 0.3) is 0 Å². The number of aromatic nitrogens is 2. The molecule has 0 radical (unpaired) electrons. The Labute approximate surface area is 127 Å². The smallest absolute Gasteiger partial charge is 0.171 e. The van der Waals surface area contributed by atoms with Crippen LogP contribution in [0.3, 0.4) is 0 Å². The maximum Gasteiger partial charge on any atom is 0.171 e. The van der Waals surface area contributed by atoms with E-state index >= 15 is 0 Å². The van der Waals surface area contributed by atoms with Crippen LogP contribution in [0.4, 0.5) is 15.9 Å². The SMILES string of the molecule is CCc1nnc(Nc2cc(F)ccc2Cl)c(C#N)c1CC. The minimum absolute atomic E-state index is 0.291. The first kappa shape index (κ1) is 15.2.